The van der Waals surface area contributed by atoms with Gasteiger partial charge in [0.25, 0.3) is 5.91 Å². The Morgan fingerprint density at radius 3 is 2.61 bits per heavy atom. The number of aliphatic hydroxyl groups excluding tert-OH is 1. The first-order valence-electron chi connectivity index (χ1n) is 8.92. The second kappa shape index (κ2) is 6.15. The predicted octanol–water partition coefficient (Wildman–Crippen LogP) is 0.301. The van der Waals surface area contributed by atoms with Gasteiger partial charge in [0.1, 0.15) is 5.54 Å². The van der Waals surface area contributed by atoms with Gasteiger partial charge in [0.15, 0.2) is 0 Å². The van der Waals surface area contributed by atoms with Crippen LogP contribution in [0.15, 0.2) is 0 Å². The van der Waals surface area contributed by atoms with Crippen molar-refractivity contribution in [3.63, 3.8) is 0 Å². The summed E-state index contributed by atoms with van der Waals surface area (Å²) >= 11 is 0. The van der Waals surface area contributed by atoms with Gasteiger partial charge in [-0.2, -0.15) is 0 Å². The highest BCUT2D eigenvalue weighted by Crippen LogP contribution is 2.40. The number of piperazine rings is 1. The number of hydrogen-bond acceptors (Lipinski definition) is 5. The molecule has 2 atom stereocenters. The summed E-state index contributed by atoms with van der Waals surface area (Å²) in [6.07, 6.45) is 1.76. The highest BCUT2D eigenvalue weighted by Gasteiger charge is 2.63. The first-order chi connectivity index (χ1) is 10.9. The van der Waals surface area contributed by atoms with Gasteiger partial charge in [-0.3, -0.25) is 24.3 Å². The van der Waals surface area contributed by atoms with Crippen LogP contribution in [0.4, 0.5) is 0 Å². The number of amides is 2. The molecule has 0 bridgehead atoms. The molecule has 0 aliphatic carbocycles. The predicted molar refractivity (Wildman–Crippen MR) is 86.8 cm³/mol. The van der Waals surface area contributed by atoms with Crippen molar-refractivity contribution in [3.8, 4) is 0 Å². The number of hydrogen-bond donors (Lipinski definition) is 1. The van der Waals surface area contributed by atoms with Crippen LogP contribution in [0.2, 0.25) is 0 Å². The van der Waals surface area contributed by atoms with Gasteiger partial charge in [0, 0.05) is 32.7 Å². The fraction of sp³-hybridized carbons (Fsp3) is 0.882. The van der Waals surface area contributed by atoms with E-state index in [1.165, 1.54) is 4.90 Å². The number of rotatable bonds is 5. The highest BCUT2D eigenvalue weighted by molar-refractivity contribution is 6.06. The molecule has 0 unspecified atom stereocenters. The second-order valence-corrected chi connectivity index (χ2v) is 7.80. The second-order valence-electron chi connectivity index (χ2n) is 7.80. The summed E-state index contributed by atoms with van der Waals surface area (Å²) in [5.74, 6) is 0.415. The van der Waals surface area contributed by atoms with E-state index in [-0.39, 0.29) is 17.9 Å². The minimum atomic E-state index is -0.585. The minimum absolute atomic E-state index is 0.0405. The zero-order valence-corrected chi connectivity index (χ0v) is 14.5. The molecule has 3 saturated heterocycles. The molecular formula is C17H29N3O3. The van der Waals surface area contributed by atoms with Crippen molar-refractivity contribution in [2.75, 3.05) is 32.7 Å². The van der Waals surface area contributed by atoms with Crippen LogP contribution in [0.25, 0.3) is 0 Å². The molecule has 1 spiro atoms. The molecule has 6 heteroatoms. The first-order valence-corrected chi connectivity index (χ1v) is 8.92. The summed E-state index contributed by atoms with van der Waals surface area (Å²) in [4.78, 5) is 31.5. The maximum atomic E-state index is 13.1. The van der Waals surface area contributed by atoms with Crippen LogP contribution in [0.1, 0.15) is 40.0 Å². The molecule has 6 nitrogen and oxygen atoms in total. The van der Waals surface area contributed by atoms with Crippen molar-refractivity contribution in [2.24, 2.45) is 5.92 Å². The number of fused-ring (bicyclic) bond motifs is 2. The topological polar surface area (TPSA) is 64.1 Å². The van der Waals surface area contributed by atoms with E-state index in [0.29, 0.717) is 38.5 Å². The number of imide groups is 1. The van der Waals surface area contributed by atoms with Crippen molar-refractivity contribution in [3.05, 3.63) is 0 Å². The molecule has 130 valence electrons. The van der Waals surface area contributed by atoms with Crippen LogP contribution >= 0.6 is 0 Å². The summed E-state index contributed by atoms with van der Waals surface area (Å²) in [7, 11) is 0. The average molecular weight is 323 g/mol. The molecular weight excluding hydrogens is 294 g/mol. The van der Waals surface area contributed by atoms with Gasteiger partial charge in [-0.25, -0.2) is 0 Å². The van der Waals surface area contributed by atoms with Crippen LogP contribution in [0.3, 0.4) is 0 Å². The van der Waals surface area contributed by atoms with E-state index in [4.69, 9.17) is 0 Å². The van der Waals surface area contributed by atoms with E-state index < -0.39 is 11.6 Å². The molecule has 3 heterocycles. The third-order valence-corrected chi connectivity index (χ3v) is 5.35. The molecule has 0 aromatic carbocycles. The monoisotopic (exact) mass is 323 g/mol. The summed E-state index contributed by atoms with van der Waals surface area (Å²) in [6.45, 7) is 9.71. The zero-order valence-electron chi connectivity index (χ0n) is 14.5. The van der Waals surface area contributed by atoms with Gasteiger partial charge in [0.05, 0.1) is 12.1 Å². The first kappa shape index (κ1) is 16.9. The largest absolute Gasteiger partial charge is 0.392 e. The van der Waals surface area contributed by atoms with E-state index in [0.717, 1.165) is 19.4 Å². The molecule has 3 fully saturated rings. The van der Waals surface area contributed by atoms with Crippen LogP contribution < -0.4 is 0 Å². The summed E-state index contributed by atoms with van der Waals surface area (Å²) < 4.78 is 0. The summed E-state index contributed by atoms with van der Waals surface area (Å²) in [5.41, 5.74) is -0.585. The minimum Gasteiger partial charge on any atom is -0.392 e. The van der Waals surface area contributed by atoms with Crippen LogP contribution in [0, 0.1) is 5.92 Å². The highest BCUT2D eigenvalue weighted by atomic mass is 16.3. The van der Waals surface area contributed by atoms with Crippen molar-refractivity contribution in [1.29, 1.82) is 0 Å². The molecule has 3 aliphatic heterocycles. The number of likely N-dealkylation sites (tertiary alicyclic amines) is 1. The number of unbranched alkanes of at least 4 members (excludes halogenated alkanes) is 1. The van der Waals surface area contributed by atoms with Gasteiger partial charge < -0.3 is 5.11 Å². The number of β-amino-alcohol motifs (C(OH)–C–C–N with tert-alkyl or cyclic N) is 1. The number of carbonyl (C=O) groups excluding carboxylic acids is 2. The SMILES string of the molecule is CCCCN1C(=O)[C@@H]2C[C@@H](O)CN2C2(CN(CC(C)C)C2)C1=O. The molecule has 23 heavy (non-hydrogen) atoms. The summed E-state index contributed by atoms with van der Waals surface area (Å²) in [5, 5.41) is 10.1. The van der Waals surface area contributed by atoms with Gasteiger partial charge in [-0.1, -0.05) is 27.2 Å². The average Bonchev–Trinajstić information content (AvgIpc) is 2.83. The standard InChI is InChI=1S/C17H29N3O3/c1-4-5-6-19-15(22)14-7-13(21)9-20(14)17(16(19)23)10-18(11-17)8-12(2)3/h12-14,21H,4-11H2,1-3H3/t13-,14+/m1/s1. The maximum Gasteiger partial charge on any atom is 0.252 e. The van der Waals surface area contributed by atoms with E-state index in [9.17, 15) is 14.7 Å². The lowest BCUT2D eigenvalue weighted by Gasteiger charge is -2.59. The van der Waals surface area contributed by atoms with Gasteiger partial charge in [-0.05, 0) is 18.8 Å². The Morgan fingerprint density at radius 1 is 1.30 bits per heavy atom. The Hall–Kier alpha value is -0.980. The van der Waals surface area contributed by atoms with E-state index in [1.54, 1.807) is 0 Å². The van der Waals surface area contributed by atoms with E-state index in [2.05, 4.69) is 25.7 Å². The molecule has 3 aliphatic rings. The Morgan fingerprint density at radius 2 is 2.00 bits per heavy atom. The molecule has 3 rings (SSSR count). The molecule has 2 amide bonds. The quantitative estimate of drug-likeness (QED) is 0.737. The Bertz CT molecular complexity index is 487. The molecule has 0 radical (unpaired) electrons. The molecule has 0 aromatic heterocycles. The lowest BCUT2D eigenvalue weighted by atomic mass is 9.82. The third-order valence-electron chi connectivity index (χ3n) is 5.35. The van der Waals surface area contributed by atoms with Crippen molar-refractivity contribution in [1.82, 2.24) is 14.7 Å². The molecule has 1 N–H and O–H groups in total. The Labute approximate surface area is 138 Å². The maximum absolute atomic E-state index is 13.1. The lowest BCUT2D eigenvalue weighted by Crippen LogP contribution is -2.81. The smallest absolute Gasteiger partial charge is 0.252 e. The molecule has 0 aromatic rings. The van der Waals surface area contributed by atoms with E-state index >= 15 is 0 Å². The van der Waals surface area contributed by atoms with E-state index in [1.807, 2.05) is 4.90 Å². The fourth-order valence-electron chi connectivity index (χ4n) is 4.36. The lowest BCUT2D eigenvalue weighted by molar-refractivity contribution is -0.180. The van der Waals surface area contributed by atoms with Crippen LogP contribution in [-0.2, 0) is 9.59 Å². The molecule has 0 saturated carbocycles. The number of carbonyl (C=O) groups is 2. The van der Waals surface area contributed by atoms with Crippen molar-refractivity contribution in [2.45, 2.75) is 57.7 Å². The van der Waals surface area contributed by atoms with Gasteiger partial charge in [0.2, 0.25) is 5.91 Å². The van der Waals surface area contributed by atoms with Crippen LogP contribution in [0.5, 0.6) is 0 Å². The summed E-state index contributed by atoms with van der Waals surface area (Å²) in [6, 6.07) is -0.319. The van der Waals surface area contributed by atoms with Gasteiger partial charge in [-0.15, -0.1) is 0 Å². The normalized spacial score (nSPS) is 31.1. The zero-order chi connectivity index (χ0) is 16.8. The van der Waals surface area contributed by atoms with Crippen molar-refractivity contribution >= 4 is 11.8 Å². The fourth-order valence-corrected chi connectivity index (χ4v) is 4.36. The number of nitrogens with zero attached hydrogens (tertiary/aromatic N) is 3. The van der Waals surface area contributed by atoms with Crippen molar-refractivity contribution < 1.29 is 14.7 Å². The van der Waals surface area contributed by atoms with Gasteiger partial charge >= 0.3 is 0 Å². The number of aliphatic hydroxyl groups is 1. The van der Waals surface area contributed by atoms with Crippen LogP contribution in [-0.4, -0.2) is 82.0 Å². The Kier molecular flexibility index (Phi) is 4.51. The third kappa shape index (κ3) is 2.71. The Balaban J connectivity index is 1.82.